The van der Waals surface area contributed by atoms with Gasteiger partial charge in [-0.25, -0.2) is 5.53 Å². The number of nitrogens with zero attached hydrogens (tertiary/aromatic N) is 1. The molecule has 0 amide bonds. The third-order valence-corrected chi connectivity index (χ3v) is 2.09. The van der Waals surface area contributed by atoms with Crippen molar-refractivity contribution in [2.75, 3.05) is 5.48 Å². The average molecular weight is 207 g/mol. The van der Waals surface area contributed by atoms with E-state index in [9.17, 15) is 0 Å². The third-order valence-electron chi connectivity index (χ3n) is 2.09. The predicted molar refractivity (Wildman–Crippen MR) is 60.3 cm³/mol. The summed E-state index contributed by atoms with van der Waals surface area (Å²) in [7, 11) is 0. The van der Waals surface area contributed by atoms with Crippen molar-refractivity contribution in [2.45, 2.75) is 32.8 Å². The minimum Gasteiger partial charge on any atom is -0.273 e. The van der Waals surface area contributed by atoms with Crippen LogP contribution in [0.5, 0.6) is 0 Å². The molecule has 0 spiro atoms. The van der Waals surface area contributed by atoms with Crippen LogP contribution < -0.4 is 5.48 Å². The lowest BCUT2D eigenvalue weighted by molar-refractivity contribution is 0.107. The monoisotopic (exact) mass is 207 g/mol. The lowest BCUT2D eigenvalue weighted by Gasteiger charge is -2.13. The van der Waals surface area contributed by atoms with E-state index >= 15 is 0 Å². The van der Waals surface area contributed by atoms with Crippen molar-refractivity contribution in [1.82, 2.24) is 0 Å². The van der Waals surface area contributed by atoms with Gasteiger partial charge in [0.1, 0.15) is 5.69 Å². The molecule has 0 saturated carbocycles. The first kappa shape index (κ1) is 11.7. The number of nitrogens with one attached hydrogen (secondary N) is 2. The van der Waals surface area contributed by atoms with E-state index in [1.54, 1.807) is 6.07 Å². The summed E-state index contributed by atoms with van der Waals surface area (Å²) in [6, 6.07) is 7.33. The van der Waals surface area contributed by atoms with Gasteiger partial charge in [0.2, 0.25) is 0 Å². The molecular weight excluding hydrogens is 190 g/mol. The Balaban J connectivity index is 2.53. The maximum absolute atomic E-state index is 6.98. The fourth-order valence-corrected chi connectivity index (χ4v) is 1.29. The largest absolute Gasteiger partial charge is 0.273 e. The molecule has 0 saturated heterocycles. The highest BCUT2D eigenvalue weighted by molar-refractivity contribution is 5.63. The van der Waals surface area contributed by atoms with Crippen LogP contribution in [0.4, 0.5) is 11.4 Å². The minimum atomic E-state index is 0.161. The van der Waals surface area contributed by atoms with Crippen LogP contribution in [0.2, 0.25) is 0 Å². The Bertz CT molecular complexity index is 314. The molecule has 4 heteroatoms. The minimum absolute atomic E-state index is 0.161. The summed E-state index contributed by atoms with van der Waals surface area (Å²) < 4.78 is 0. The summed E-state index contributed by atoms with van der Waals surface area (Å²) in [6.07, 6.45) is 2.26. The number of anilines is 1. The molecule has 0 aromatic heterocycles. The first-order valence-electron chi connectivity index (χ1n) is 5.16. The van der Waals surface area contributed by atoms with Crippen molar-refractivity contribution in [1.29, 1.82) is 5.53 Å². The molecule has 0 aliphatic rings. The number of para-hydroxylation sites is 2. The van der Waals surface area contributed by atoms with Crippen molar-refractivity contribution in [3.8, 4) is 0 Å². The van der Waals surface area contributed by atoms with Crippen LogP contribution in [0.15, 0.2) is 29.4 Å². The van der Waals surface area contributed by atoms with Gasteiger partial charge in [-0.3, -0.25) is 10.3 Å². The van der Waals surface area contributed by atoms with E-state index in [1.807, 2.05) is 25.1 Å². The van der Waals surface area contributed by atoms with Crippen LogP contribution in [-0.2, 0) is 4.84 Å². The third kappa shape index (κ3) is 3.67. The van der Waals surface area contributed by atoms with E-state index in [-0.39, 0.29) is 6.10 Å². The second-order valence-corrected chi connectivity index (χ2v) is 3.45. The Hall–Kier alpha value is -1.42. The number of hydrogen-bond acceptors (Lipinski definition) is 4. The maximum atomic E-state index is 6.98. The molecular formula is C11H17N3O. The van der Waals surface area contributed by atoms with Crippen LogP contribution in [0.25, 0.3) is 0 Å². The molecule has 0 fully saturated rings. The van der Waals surface area contributed by atoms with Gasteiger partial charge >= 0.3 is 0 Å². The maximum Gasteiger partial charge on any atom is 0.110 e. The van der Waals surface area contributed by atoms with Gasteiger partial charge in [0, 0.05) is 0 Å². The Labute approximate surface area is 90.1 Å². The highest BCUT2D eigenvalue weighted by Gasteiger charge is 2.03. The molecule has 0 aliphatic heterocycles. The first-order chi connectivity index (χ1) is 7.27. The lowest BCUT2D eigenvalue weighted by Crippen LogP contribution is -2.12. The van der Waals surface area contributed by atoms with Gasteiger partial charge in [-0.05, 0) is 25.5 Å². The van der Waals surface area contributed by atoms with Gasteiger partial charge in [-0.1, -0.05) is 25.5 Å². The summed E-state index contributed by atoms with van der Waals surface area (Å²) in [5.41, 5.74) is 11.1. The molecule has 0 aliphatic carbocycles. The van der Waals surface area contributed by atoms with E-state index in [2.05, 4.69) is 17.5 Å². The fraction of sp³-hybridized carbons (Fsp3) is 0.455. The normalized spacial score (nSPS) is 12.1. The van der Waals surface area contributed by atoms with Crippen molar-refractivity contribution >= 4 is 11.4 Å². The Morgan fingerprint density at radius 2 is 2.20 bits per heavy atom. The fourth-order valence-electron chi connectivity index (χ4n) is 1.29. The van der Waals surface area contributed by atoms with Gasteiger partial charge in [0.25, 0.3) is 0 Å². The molecule has 82 valence electrons. The van der Waals surface area contributed by atoms with E-state index in [0.29, 0.717) is 5.69 Å². The molecule has 1 aromatic rings. The molecule has 0 radical (unpaired) electrons. The molecule has 4 nitrogen and oxygen atoms in total. The second-order valence-electron chi connectivity index (χ2n) is 3.45. The molecule has 1 aromatic carbocycles. The summed E-state index contributed by atoms with van der Waals surface area (Å²) in [5.74, 6) is 0. The van der Waals surface area contributed by atoms with Gasteiger partial charge in [-0.2, -0.15) is 5.11 Å². The zero-order chi connectivity index (χ0) is 11.1. The van der Waals surface area contributed by atoms with E-state index in [1.165, 1.54) is 0 Å². The van der Waals surface area contributed by atoms with Gasteiger partial charge in [0.15, 0.2) is 0 Å². The van der Waals surface area contributed by atoms with Gasteiger partial charge in [-0.15, -0.1) is 0 Å². The van der Waals surface area contributed by atoms with E-state index in [4.69, 9.17) is 10.4 Å². The van der Waals surface area contributed by atoms with Crippen LogP contribution >= 0.6 is 0 Å². The van der Waals surface area contributed by atoms with E-state index in [0.717, 1.165) is 18.5 Å². The molecule has 1 unspecified atom stereocenters. The Morgan fingerprint density at radius 3 is 2.87 bits per heavy atom. The van der Waals surface area contributed by atoms with Crippen LogP contribution in [0, 0.1) is 5.53 Å². The smallest absolute Gasteiger partial charge is 0.110 e. The van der Waals surface area contributed by atoms with Crippen LogP contribution in [0.3, 0.4) is 0 Å². The second kappa shape index (κ2) is 6.14. The molecule has 1 rings (SSSR count). The summed E-state index contributed by atoms with van der Waals surface area (Å²) >= 11 is 0. The van der Waals surface area contributed by atoms with Crippen molar-refractivity contribution in [2.24, 2.45) is 5.11 Å². The van der Waals surface area contributed by atoms with Gasteiger partial charge in [0.05, 0.1) is 11.8 Å². The lowest BCUT2D eigenvalue weighted by atomic mass is 10.2. The van der Waals surface area contributed by atoms with Crippen molar-refractivity contribution in [3.63, 3.8) is 0 Å². The Morgan fingerprint density at radius 1 is 1.47 bits per heavy atom. The van der Waals surface area contributed by atoms with Crippen LogP contribution in [0.1, 0.15) is 26.7 Å². The molecule has 0 heterocycles. The summed E-state index contributed by atoms with van der Waals surface area (Å²) in [5, 5.41) is 3.40. The number of rotatable bonds is 6. The van der Waals surface area contributed by atoms with Crippen molar-refractivity contribution in [3.05, 3.63) is 24.3 Å². The SMILES string of the molecule is CCCC(C)ONc1ccccc1N=N. The zero-order valence-corrected chi connectivity index (χ0v) is 9.16. The van der Waals surface area contributed by atoms with Crippen molar-refractivity contribution < 1.29 is 4.84 Å². The highest BCUT2D eigenvalue weighted by Crippen LogP contribution is 2.24. The predicted octanol–water partition coefficient (Wildman–Crippen LogP) is 3.88. The number of benzene rings is 1. The summed E-state index contributed by atoms with van der Waals surface area (Å²) in [4.78, 5) is 5.42. The van der Waals surface area contributed by atoms with Gasteiger partial charge < -0.3 is 0 Å². The molecule has 15 heavy (non-hydrogen) atoms. The Kier molecular flexibility index (Phi) is 4.77. The molecule has 1 atom stereocenters. The first-order valence-corrected chi connectivity index (χ1v) is 5.16. The average Bonchev–Trinajstić information content (AvgIpc) is 2.27. The van der Waals surface area contributed by atoms with E-state index < -0.39 is 0 Å². The molecule has 2 N–H and O–H groups in total. The van der Waals surface area contributed by atoms with Crippen LogP contribution in [-0.4, -0.2) is 6.10 Å². The molecule has 0 bridgehead atoms. The summed E-state index contributed by atoms with van der Waals surface area (Å²) in [6.45, 7) is 4.13. The quantitative estimate of drug-likeness (QED) is 0.549. The highest BCUT2D eigenvalue weighted by atomic mass is 16.7. The standard InChI is InChI=1S/C11H17N3O/c1-3-6-9(2)15-14-11-8-5-4-7-10(11)13-12/h4-5,7-9,12,14H,3,6H2,1-2H3. The topological polar surface area (TPSA) is 57.5 Å². The number of hydrogen-bond donors (Lipinski definition) is 2. The zero-order valence-electron chi connectivity index (χ0n) is 9.16.